The average Bonchev–Trinajstić information content (AvgIpc) is 3.60. The van der Waals surface area contributed by atoms with Gasteiger partial charge < -0.3 is 29.6 Å². The molecule has 0 atom stereocenters. The van der Waals surface area contributed by atoms with Crippen LogP contribution in [0.25, 0.3) is 0 Å². The molecule has 2 aromatic carbocycles. The van der Waals surface area contributed by atoms with Crippen LogP contribution in [-0.2, 0) is 28.6 Å². The summed E-state index contributed by atoms with van der Waals surface area (Å²) < 4.78 is 36.2. The van der Waals surface area contributed by atoms with Gasteiger partial charge in [0.25, 0.3) is 5.91 Å². The van der Waals surface area contributed by atoms with Crippen LogP contribution in [-0.4, -0.2) is 97.9 Å². The van der Waals surface area contributed by atoms with E-state index in [0.717, 1.165) is 17.7 Å². The number of nitrogens with one attached hydrogen (secondary N) is 3. The lowest BCUT2D eigenvalue weighted by Gasteiger charge is -2.38. The maximum atomic E-state index is 13.1. The minimum absolute atomic E-state index is 0.0134. The highest BCUT2D eigenvalue weighted by Crippen LogP contribution is 2.42. The van der Waals surface area contributed by atoms with Crippen molar-refractivity contribution in [3.05, 3.63) is 54.3 Å². The molecule has 1 aliphatic rings. The van der Waals surface area contributed by atoms with Crippen LogP contribution >= 0.6 is 23.5 Å². The number of halogens is 2. The molecule has 0 bridgehead atoms. The average molecular weight is 715 g/mol. The fourth-order valence-electron chi connectivity index (χ4n) is 4.72. The molecule has 1 saturated carbocycles. The van der Waals surface area contributed by atoms with E-state index in [9.17, 15) is 24.0 Å². The Balaban J connectivity index is 0.000000424. The maximum absolute atomic E-state index is 13.1. The molecule has 3 rings (SSSR count). The predicted molar refractivity (Wildman–Crippen MR) is 182 cm³/mol. The van der Waals surface area contributed by atoms with Gasteiger partial charge in [-0.2, -0.15) is 0 Å². The molecule has 0 spiro atoms. The van der Waals surface area contributed by atoms with Crippen LogP contribution in [0.4, 0.5) is 4.39 Å². The molecule has 0 saturated heterocycles. The number of nitrogens with zero attached hydrogens (tertiary/aromatic N) is 1. The van der Waals surface area contributed by atoms with Gasteiger partial charge in [-0.25, -0.2) is 14.2 Å². The molecule has 12 nitrogen and oxygen atoms in total. The number of hydrogen-bond donors (Lipinski definition) is 4. The Morgan fingerprint density at radius 3 is 2.02 bits per heavy atom. The lowest BCUT2D eigenvalue weighted by molar-refractivity contribution is -0.139. The highest BCUT2D eigenvalue weighted by Gasteiger charge is 2.47. The second-order valence-electron chi connectivity index (χ2n) is 10.5. The molecule has 1 fully saturated rings. The molecule has 0 heterocycles. The Kier molecular flexibility index (Phi) is 20.8. The highest BCUT2D eigenvalue weighted by molar-refractivity contribution is 7.97. The molecule has 15 heteroatoms. The molecule has 0 aliphatic heterocycles. The molecule has 3 amide bonds. The van der Waals surface area contributed by atoms with Crippen LogP contribution < -0.4 is 20.9 Å². The fourth-order valence-corrected chi connectivity index (χ4v) is 5.95. The highest BCUT2D eigenvalue weighted by atomic mass is 35.5. The van der Waals surface area contributed by atoms with Crippen molar-refractivity contribution in [2.75, 3.05) is 65.2 Å². The smallest absolute Gasteiger partial charge is 0.264 e. The standard InChI is InChI=1S/C23H28FN3O4S.C10H20ClNO4/c1-2-25-21(28)13-16-27(23(22(29)26-30)14-3-4-15-23)32-20-11-9-19(10-12-20)31-18-7-5-17(24)6-8-18;1-2-14-5-6-16-8-7-15-4-3-12-10(13)9-11/h5-12,30H,2-4,13-16H2,1H3,(H,25,28)(H,26,29);2-9H2,1H3,(H,12,13). The Morgan fingerprint density at radius 2 is 1.46 bits per heavy atom. The van der Waals surface area contributed by atoms with Crippen molar-refractivity contribution in [1.29, 1.82) is 0 Å². The first-order valence-electron chi connectivity index (χ1n) is 16.0. The zero-order valence-corrected chi connectivity index (χ0v) is 29.2. The van der Waals surface area contributed by atoms with Gasteiger partial charge in [0.05, 0.1) is 33.0 Å². The van der Waals surface area contributed by atoms with Gasteiger partial charge >= 0.3 is 0 Å². The van der Waals surface area contributed by atoms with Gasteiger partial charge in [-0.1, -0.05) is 12.8 Å². The third-order valence-corrected chi connectivity index (χ3v) is 8.55. The van der Waals surface area contributed by atoms with Gasteiger partial charge in [0, 0.05) is 37.6 Å². The summed E-state index contributed by atoms with van der Waals surface area (Å²) in [5, 5.41) is 14.8. The zero-order valence-electron chi connectivity index (χ0n) is 27.6. The molecule has 268 valence electrons. The zero-order chi connectivity index (χ0) is 35.0. The van der Waals surface area contributed by atoms with E-state index in [4.69, 9.17) is 30.5 Å². The van der Waals surface area contributed by atoms with Crippen LogP contribution in [0.3, 0.4) is 0 Å². The molecule has 4 N–H and O–H groups in total. The molecule has 0 unspecified atom stereocenters. The monoisotopic (exact) mass is 714 g/mol. The number of rotatable bonds is 21. The van der Waals surface area contributed by atoms with E-state index < -0.39 is 11.4 Å². The van der Waals surface area contributed by atoms with Crippen molar-refractivity contribution in [3.8, 4) is 11.5 Å². The van der Waals surface area contributed by atoms with E-state index in [2.05, 4.69) is 10.6 Å². The van der Waals surface area contributed by atoms with Gasteiger partial charge in [-0.3, -0.25) is 19.6 Å². The largest absolute Gasteiger partial charge is 0.457 e. The number of carbonyl (C=O) groups excluding carboxylic acids is 3. The Morgan fingerprint density at radius 1 is 0.875 bits per heavy atom. The fraction of sp³-hybridized carbons (Fsp3) is 0.545. The second-order valence-corrected chi connectivity index (χ2v) is 11.9. The summed E-state index contributed by atoms with van der Waals surface area (Å²) in [5.41, 5.74) is 0.946. The lowest BCUT2D eigenvalue weighted by Crippen LogP contribution is -2.54. The molecule has 0 radical (unpaired) electrons. The van der Waals surface area contributed by atoms with E-state index >= 15 is 0 Å². The van der Waals surface area contributed by atoms with Gasteiger partial charge in [-0.05, 0) is 87.2 Å². The number of hydroxylamine groups is 1. The number of amides is 3. The van der Waals surface area contributed by atoms with E-state index in [-0.39, 0.29) is 29.9 Å². The van der Waals surface area contributed by atoms with Crippen LogP contribution in [0.5, 0.6) is 11.5 Å². The molecule has 48 heavy (non-hydrogen) atoms. The summed E-state index contributed by atoms with van der Waals surface area (Å²) in [7, 11) is 0. The predicted octanol–water partition coefficient (Wildman–Crippen LogP) is 4.68. The maximum Gasteiger partial charge on any atom is 0.264 e. The van der Waals surface area contributed by atoms with Gasteiger partial charge in [0.2, 0.25) is 11.8 Å². The summed E-state index contributed by atoms with van der Waals surface area (Å²) >= 11 is 6.67. The van der Waals surface area contributed by atoms with E-state index in [1.54, 1.807) is 24.3 Å². The molecular weight excluding hydrogens is 667 g/mol. The number of hydrogen-bond acceptors (Lipinski definition) is 10. The van der Waals surface area contributed by atoms with Gasteiger partial charge in [0.15, 0.2) is 0 Å². The summed E-state index contributed by atoms with van der Waals surface area (Å²) in [6.45, 7) is 8.61. The number of carbonyl (C=O) groups is 3. The van der Waals surface area contributed by atoms with E-state index in [1.807, 2.05) is 35.8 Å². The number of ether oxygens (including phenoxy) is 4. The topological polar surface area (TPSA) is 148 Å². The van der Waals surface area contributed by atoms with Gasteiger partial charge in [-0.15, -0.1) is 11.6 Å². The first-order valence-corrected chi connectivity index (χ1v) is 17.3. The van der Waals surface area contributed by atoms with Crippen LogP contribution in [0.1, 0.15) is 46.0 Å². The van der Waals surface area contributed by atoms with Crippen molar-refractivity contribution in [2.24, 2.45) is 0 Å². The summed E-state index contributed by atoms with van der Waals surface area (Å²) in [6, 6.07) is 13.1. The quantitative estimate of drug-likeness (QED) is 0.0473. The van der Waals surface area contributed by atoms with Crippen molar-refractivity contribution in [2.45, 2.75) is 56.4 Å². The van der Waals surface area contributed by atoms with Crippen LogP contribution in [0, 0.1) is 5.82 Å². The molecule has 0 aromatic heterocycles. The van der Waals surface area contributed by atoms with E-state index in [1.165, 1.54) is 24.1 Å². The van der Waals surface area contributed by atoms with Crippen molar-refractivity contribution >= 4 is 41.3 Å². The van der Waals surface area contributed by atoms with Crippen molar-refractivity contribution in [3.63, 3.8) is 0 Å². The van der Waals surface area contributed by atoms with E-state index in [0.29, 0.717) is 83.6 Å². The summed E-state index contributed by atoms with van der Waals surface area (Å²) in [4.78, 5) is 36.3. The summed E-state index contributed by atoms with van der Waals surface area (Å²) in [5.74, 6) is 0.0649. The van der Waals surface area contributed by atoms with Crippen LogP contribution in [0.2, 0.25) is 0 Å². The molecular formula is C33H48ClFN4O8S. The number of alkyl halides is 1. The summed E-state index contributed by atoms with van der Waals surface area (Å²) in [6.07, 6.45) is 3.19. The molecule has 2 aromatic rings. The minimum atomic E-state index is -0.880. The normalized spacial score (nSPS) is 13.4. The third-order valence-electron chi connectivity index (χ3n) is 7.07. The van der Waals surface area contributed by atoms with Crippen LogP contribution in [0.15, 0.2) is 53.4 Å². The second kappa shape index (κ2) is 24.2. The Hall–Kier alpha value is -2.98. The third kappa shape index (κ3) is 15.5. The van der Waals surface area contributed by atoms with Crippen molar-refractivity contribution < 1.29 is 42.9 Å². The number of benzene rings is 2. The SMILES string of the molecule is CCNC(=O)CCN(Sc1ccc(Oc2ccc(F)cc2)cc1)C1(C(=O)NO)CCCC1.CCOCCOCCOCCNC(=O)CCl. The molecule has 1 aliphatic carbocycles. The first kappa shape index (κ1) is 41.2. The Bertz CT molecular complexity index is 1210. The lowest BCUT2D eigenvalue weighted by atomic mass is 9.96. The van der Waals surface area contributed by atoms with Crippen molar-refractivity contribution in [1.82, 2.24) is 20.4 Å². The Labute approximate surface area is 291 Å². The first-order chi connectivity index (χ1) is 23.3. The minimum Gasteiger partial charge on any atom is -0.457 e. The van der Waals surface area contributed by atoms with Gasteiger partial charge in [0.1, 0.15) is 28.7 Å².